The molecule has 0 spiro atoms. The Bertz CT molecular complexity index is 618. The highest BCUT2D eigenvalue weighted by atomic mass is 79.9. The fourth-order valence-electron chi connectivity index (χ4n) is 2.83. The molecule has 1 atom stereocenters. The molecule has 22 heavy (non-hydrogen) atoms. The van der Waals surface area contributed by atoms with Crippen LogP contribution in [0.4, 0.5) is 0 Å². The van der Waals surface area contributed by atoms with E-state index in [2.05, 4.69) is 57.2 Å². The summed E-state index contributed by atoms with van der Waals surface area (Å²) < 4.78 is 12.5. The van der Waals surface area contributed by atoms with E-state index in [1.165, 1.54) is 5.56 Å². The largest absolute Gasteiger partial charge is 0.496 e. The number of halogens is 1. The van der Waals surface area contributed by atoms with Crippen molar-refractivity contribution in [2.45, 2.75) is 12.6 Å². The summed E-state index contributed by atoms with van der Waals surface area (Å²) in [5.74, 6) is 0.884. The van der Waals surface area contributed by atoms with Gasteiger partial charge in [-0.15, -0.1) is 0 Å². The predicted molar refractivity (Wildman–Crippen MR) is 91.1 cm³/mol. The highest BCUT2D eigenvalue weighted by Gasteiger charge is 2.24. The minimum absolute atomic E-state index is 0.0462. The molecule has 0 aliphatic carbocycles. The molecule has 0 unspecified atom stereocenters. The van der Waals surface area contributed by atoms with E-state index in [0.29, 0.717) is 0 Å². The van der Waals surface area contributed by atoms with Gasteiger partial charge in [-0.05, 0) is 23.8 Å². The summed E-state index contributed by atoms with van der Waals surface area (Å²) in [5.41, 5.74) is 2.44. The van der Waals surface area contributed by atoms with Crippen LogP contribution in [0.1, 0.15) is 17.2 Å². The van der Waals surface area contributed by atoms with E-state index in [1.807, 2.05) is 12.1 Å². The van der Waals surface area contributed by atoms with Gasteiger partial charge in [0.25, 0.3) is 0 Å². The van der Waals surface area contributed by atoms with Gasteiger partial charge < -0.3 is 9.47 Å². The SMILES string of the molecule is COc1ccc(Br)cc1[C@H]1CN(Cc2ccccc2)CCO1. The van der Waals surface area contributed by atoms with Gasteiger partial charge in [-0.2, -0.15) is 0 Å². The molecular weight excluding hydrogens is 342 g/mol. The molecule has 0 aromatic heterocycles. The lowest BCUT2D eigenvalue weighted by Gasteiger charge is -2.33. The average molecular weight is 362 g/mol. The Morgan fingerprint density at radius 3 is 2.82 bits per heavy atom. The van der Waals surface area contributed by atoms with Crippen molar-refractivity contribution in [3.63, 3.8) is 0 Å². The first-order valence-electron chi connectivity index (χ1n) is 7.47. The van der Waals surface area contributed by atoms with Gasteiger partial charge in [0.15, 0.2) is 0 Å². The van der Waals surface area contributed by atoms with Crippen molar-refractivity contribution >= 4 is 15.9 Å². The first-order chi connectivity index (χ1) is 10.8. The lowest BCUT2D eigenvalue weighted by Crippen LogP contribution is -2.37. The van der Waals surface area contributed by atoms with E-state index in [-0.39, 0.29) is 6.10 Å². The lowest BCUT2D eigenvalue weighted by atomic mass is 10.1. The van der Waals surface area contributed by atoms with Crippen molar-refractivity contribution in [1.82, 2.24) is 4.90 Å². The maximum atomic E-state index is 5.99. The Hall–Kier alpha value is -1.36. The van der Waals surface area contributed by atoms with Crippen molar-refractivity contribution in [2.75, 3.05) is 26.8 Å². The molecule has 1 fully saturated rings. The van der Waals surface area contributed by atoms with Gasteiger partial charge in [0.05, 0.1) is 19.8 Å². The Kier molecular flexibility index (Phi) is 5.13. The summed E-state index contributed by atoms with van der Waals surface area (Å²) in [4.78, 5) is 2.43. The van der Waals surface area contributed by atoms with Crippen molar-refractivity contribution < 1.29 is 9.47 Å². The number of hydrogen-bond acceptors (Lipinski definition) is 3. The topological polar surface area (TPSA) is 21.7 Å². The number of hydrogen-bond donors (Lipinski definition) is 0. The van der Waals surface area contributed by atoms with Crippen LogP contribution in [0, 0.1) is 0 Å². The molecule has 0 radical (unpaired) electrons. The molecule has 1 aliphatic heterocycles. The Balaban J connectivity index is 1.74. The van der Waals surface area contributed by atoms with Gasteiger partial charge in [-0.3, -0.25) is 4.90 Å². The highest BCUT2D eigenvalue weighted by molar-refractivity contribution is 9.10. The van der Waals surface area contributed by atoms with Crippen LogP contribution in [-0.2, 0) is 11.3 Å². The first-order valence-corrected chi connectivity index (χ1v) is 8.27. The summed E-state index contributed by atoms with van der Waals surface area (Å²) in [5, 5.41) is 0. The zero-order valence-corrected chi connectivity index (χ0v) is 14.3. The fraction of sp³-hybridized carbons (Fsp3) is 0.333. The zero-order valence-electron chi connectivity index (χ0n) is 12.7. The molecule has 2 aromatic rings. The summed E-state index contributed by atoms with van der Waals surface area (Å²) in [6.07, 6.45) is 0.0462. The van der Waals surface area contributed by atoms with Crippen LogP contribution < -0.4 is 4.74 Å². The van der Waals surface area contributed by atoms with E-state index >= 15 is 0 Å². The smallest absolute Gasteiger partial charge is 0.124 e. The van der Waals surface area contributed by atoms with Gasteiger partial charge in [0.2, 0.25) is 0 Å². The molecule has 3 nitrogen and oxygen atoms in total. The van der Waals surface area contributed by atoms with Crippen LogP contribution in [0.15, 0.2) is 53.0 Å². The molecule has 0 amide bonds. The molecule has 0 saturated carbocycles. The number of benzene rings is 2. The molecule has 3 rings (SSSR count). The maximum Gasteiger partial charge on any atom is 0.124 e. The minimum atomic E-state index is 0.0462. The fourth-order valence-corrected chi connectivity index (χ4v) is 3.21. The molecule has 1 saturated heterocycles. The lowest BCUT2D eigenvalue weighted by molar-refractivity contribution is -0.0338. The van der Waals surface area contributed by atoms with Gasteiger partial charge >= 0.3 is 0 Å². The summed E-state index contributed by atoms with van der Waals surface area (Å²) in [7, 11) is 1.71. The summed E-state index contributed by atoms with van der Waals surface area (Å²) in [6.45, 7) is 3.54. The Morgan fingerprint density at radius 1 is 1.23 bits per heavy atom. The third kappa shape index (κ3) is 3.69. The second kappa shape index (κ2) is 7.27. The third-order valence-electron chi connectivity index (χ3n) is 3.94. The van der Waals surface area contributed by atoms with Gasteiger partial charge in [-0.1, -0.05) is 46.3 Å². The monoisotopic (exact) mass is 361 g/mol. The van der Waals surface area contributed by atoms with Crippen LogP contribution in [0.2, 0.25) is 0 Å². The summed E-state index contributed by atoms with van der Waals surface area (Å²) in [6, 6.07) is 16.6. The predicted octanol–water partition coefficient (Wildman–Crippen LogP) is 4.03. The molecule has 2 aromatic carbocycles. The van der Waals surface area contributed by atoms with Crippen LogP contribution in [0.5, 0.6) is 5.75 Å². The standard InChI is InChI=1S/C18H20BrNO2/c1-21-17-8-7-15(19)11-16(17)18-13-20(9-10-22-18)12-14-5-3-2-4-6-14/h2-8,11,18H,9-10,12-13H2,1H3/t18-/m1/s1. The van der Waals surface area contributed by atoms with Crippen molar-refractivity contribution in [2.24, 2.45) is 0 Å². The average Bonchev–Trinajstić information content (AvgIpc) is 2.56. The van der Waals surface area contributed by atoms with Crippen LogP contribution in [0.25, 0.3) is 0 Å². The highest BCUT2D eigenvalue weighted by Crippen LogP contribution is 2.32. The number of nitrogens with zero attached hydrogens (tertiary/aromatic N) is 1. The van der Waals surface area contributed by atoms with E-state index in [4.69, 9.17) is 9.47 Å². The van der Waals surface area contributed by atoms with Crippen molar-refractivity contribution in [3.05, 3.63) is 64.1 Å². The normalized spacial score (nSPS) is 19.1. The van der Waals surface area contributed by atoms with Crippen molar-refractivity contribution in [1.29, 1.82) is 0 Å². The quantitative estimate of drug-likeness (QED) is 0.820. The summed E-state index contributed by atoms with van der Waals surface area (Å²) >= 11 is 3.54. The first kappa shape index (κ1) is 15.5. The number of rotatable bonds is 4. The maximum absolute atomic E-state index is 5.99. The third-order valence-corrected chi connectivity index (χ3v) is 4.43. The molecule has 0 N–H and O–H groups in total. The second-order valence-corrected chi connectivity index (χ2v) is 6.38. The molecule has 1 aliphatic rings. The van der Waals surface area contributed by atoms with Crippen LogP contribution >= 0.6 is 15.9 Å². The van der Waals surface area contributed by atoms with Crippen LogP contribution in [-0.4, -0.2) is 31.7 Å². The molecule has 4 heteroatoms. The number of methoxy groups -OCH3 is 1. The number of ether oxygens (including phenoxy) is 2. The van der Waals surface area contributed by atoms with Crippen molar-refractivity contribution in [3.8, 4) is 5.75 Å². The van der Waals surface area contributed by atoms with E-state index in [1.54, 1.807) is 7.11 Å². The van der Waals surface area contributed by atoms with E-state index in [0.717, 1.165) is 42.0 Å². The van der Waals surface area contributed by atoms with Gasteiger partial charge in [0, 0.05) is 29.7 Å². The van der Waals surface area contributed by atoms with Gasteiger partial charge in [-0.25, -0.2) is 0 Å². The van der Waals surface area contributed by atoms with Crippen LogP contribution in [0.3, 0.4) is 0 Å². The van der Waals surface area contributed by atoms with E-state index < -0.39 is 0 Å². The Morgan fingerprint density at radius 2 is 2.05 bits per heavy atom. The molecule has 0 bridgehead atoms. The minimum Gasteiger partial charge on any atom is -0.496 e. The van der Waals surface area contributed by atoms with Gasteiger partial charge in [0.1, 0.15) is 5.75 Å². The zero-order chi connectivity index (χ0) is 15.4. The second-order valence-electron chi connectivity index (χ2n) is 5.47. The molecular formula is C18H20BrNO2. The molecule has 116 valence electrons. The molecule has 1 heterocycles. The van der Waals surface area contributed by atoms with E-state index in [9.17, 15) is 0 Å². The number of morpholine rings is 1. The Labute approximate surface area is 140 Å².